The highest BCUT2D eigenvalue weighted by molar-refractivity contribution is 5.95. The number of aliphatic imine (C=N–C) groups is 1. The lowest BCUT2D eigenvalue weighted by molar-refractivity contribution is 0.299. The molecule has 0 bridgehead atoms. The van der Waals surface area contributed by atoms with Gasteiger partial charge in [-0.25, -0.2) is 4.99 Å². The highest BCUT2D eigenvalue weighted by Crippen LogP contribution is 2.18. The lowest BCUT2D eigenvalue weighted by Crippen LogP contribution is -2.51. The second-order valence-electron chi connectivity index (χ2n) is 5.72. The molecule has 1 aliphatic heterocycles. The van der Waals surface area contributed by atoms with E-state index < -0.39 is 0 Å². The number of nitrogens with zero attached hydrogens (tertiary/aromatic N) is 3. The van der Waals surface area contributed by atoms with E-state index in [1.54, 1.807) is 6.20 Å². The maximum absolute atomic E-state index is 6.17. The van der Waals surface area contributed by atoms with Crippen LogP contribution in [0.1, 0.15) is 11.1 Å². The Bertz CT molecular complexity index is 548. The number of hydrogen-bond donors (Lipinski definition) is 2. The first-order chi connectivity index (χ1) is 9.97. The first-order valence-electron chi connectivity index (χ1n) is 7.23. The average Bonchev–Trinajstić information content (AvgIpc) is 2.41. The van der Waals surface area contributed by atoms with Crippen molar-refractivity contribution < 1.29 is 0 Å². The molecule has 21 heavy (non-hydrogen) atoms. The summed E-state index contributed by atoms with van der Waals surface area (Å²) in [6, 6.07) is 6.34. The minimum Gasteiger partial charge on any atom is -0.326 e. The van der Waals surface area contributed by atoms with Crippen molar-refractivity contribution in [2.75, 3.05) is 32.5 Å². The maximum atomic E-state index is 6.17. The average molecular weight is 287 g/mol. The molecule has 0 aliphatic carbocycles. The molecule has 0 aromatic heterocycles. The van der Waals surface area contributed by atoms with Gasteiger partial charge in [0.05, 0.1) is 0 Å². The molecule has 114 valence electrons. The van der Waals surface area contributed by atoms with E-state index in [-0.39, 0.29) is 6.17 Å². The third kappa shape index (κ3) is 4.06. The Morgan fingerprint density at radius 3 is 2.76 bits per heavy atom. The number of hydrogen-bond acceptors (Lipinski definition) is 5. The van der Waals surface area contributed by atoms with Gasteiger partial charge in [0.25, 0.3) is 0 Å². The fraction of sp³-hybridized carbons (Fsp3) is 0.438. The minimum absolute atomic E-state index is 0.143. The quantitative estimate of drug-likeness (QED) is 0.886. The zero-order chi connectivity index (χ0) is 15.4. The van der Waals surface area contributed by atoms with E-state index in [9.17, 15) is 0 Å². The molecule has 2 rings (SSSR count). The van der Waals surface area contributed by atoms with Crippen molar-refractivity contribution in [2.24, 2.45) is 10.7 Å². The molecule has 5 heteroatoms. The van der Waals surface area contributed by atoms with Crippen molar-refractivity contribution in [3.8, 4) is 0 Å². The van der Waals surface area contributed by atoms with Crippen LogP contribution < -0.4 is 11.1 Å². The number of guanidine groups is 1. The van der Waals surface area contributed by atoms with E-state index in [0.717, 1.165) is 24.7 Å². The maximum Gasteiger partial charge on any atom is 0.204 e. The van der Waals surface area contributed by atoms with Gasteiger partial charge < -0.3 is 20.9 Å². The Labute approximate surface area is 127 Å². The SMILES string of the molecule is Cc1ccc(NC2=NC=CC(N)N2CCN(C)C)c(C)c1. The molecule has 0 saturated carbocycles. The lowest BCUT2D eigenvalue weighted by atomic mass is 10.1. The second kappa shape index (κ2) is 6.74. The molecule has 0 saturated heterocycles. The molecule has 1 unspecified atom stereocenters. The Balaban J connectivity index is 2.15. The van der Waals surface area contributed by atoms with Crippen LogP contribution in [0.15, 0.2) is 35.5 Å². The summed E-state index contributed by atoms with van der Waals surface area (Å²) in [6.45, 7) is 5.94. The number of nitrogens with one attached hydrogen (secondary N) is 1. The van der Waals surface area contributed by atoms with Gasteiger partial charge in [-0.1, -0.05) is 17.7 Å². The Hall–Kier alpha value is -1.85. The molecule has 0 radical (unpaired) electrons. The van der Waals surface area contributed by atoms with Crippen LogP contribution in [0.2, 0.25) is 0 Å². The van der Waals surface area contributed by atoms with Crippen molar-refractivity contribution in [1.29, 1.82) is 0 Å². The standard InChI is InChI=1S/C16H25N5/c1-12-5-6-14(13(2)11-12)19-16-18-8-7-15(17)21(16)10-9-20(3)4/h5-8,11,15H,9-10,17H2,1-4H3,(H,18,19). The molecular weight excluding hydrogens is 262 g/mol. The molecule has 3 N–H and O–H groups in total. The van der Waals surface area contributed by atoms with Crippen molar-refractivity contribution >= 4 is 11.6 Å². The molecular formula is C16H25N5. The first kappa shape index (κ1) is 15.5. The van der Waals surface area contributed by atoms with Gasteiger partial charge in [0.2, 0.25) is 5.96 Å². The van der Waals surface area contributed by atoms with Crippen LogP contribution in [-0.2, 0) is 0 Å². The van der Waals surface area contributed by atoms with E-state index >= 15 is 0 Å². The highest BCUT2D eigenvalue weighted by Gasteiger charge is 2.20. The van der Waals surface area contributed by atoms with E-state index in [1.165, 1.54) is 11.1 Å². The van der Waals surface area contributed by atoms with Gasteiger partial charge in [-0.15, -0.1) is 0 Å². The van der Waals surface area contributed by atoms with Crippen LogP contribution in [0.3, 0.4) is 0 Å². The largest absolute Gasteiger partial charge is 0.326 e. The number of benzene rings is 1. The smallest absolute Gasteiger partial charge is 0.204 e. The molecule has 0 fully saturated rings. The molecule has 1 aliphatic rings. The second-order valence-corrected chi connectivity index (χ2v) is 5.72. The predicted octanol–water partition coefficient (Wildman–Crippen LogP) is 1.75. The van der Waals surface area contributed by atoms with E-state index in [4.69, 9.17) is 5.73 Å². The van der Waals surface area contributed by atoms with Crippen LogP contribution in [0.25, 0.3) is 0 Å². The van der Waals surface area contributed by atoms with Crippen molar-refractivity contribution in [2.45, 2.75) is 20.0 Å². The van der Waals surface area contributed by atoms with Crippen molar-refractivity contribution in [3.05, 3.63) is 41.6 Å². The fourth-order valence-electron chi connectivity index (χ4n) is 2.26. The van der Waals surface area contributed by atoms with Crippen LogP contribution in [0.4, 0.5) is 5.69 Å². The highest BCUT2D eigenvalue weighted by atomic mass is 15.4. The van der Waals surface area contributed by atoms with Gasteiger partial charge in [-0.2, -0.15) is 0 Å². The van der Waals surface area contributed by atoms with Gasteiger partial charge in [-0.05, 0) is 45.6 Å². The van der Waals surface area contributed by atoms with E-state index in [2.05, 4.69) is 66.3 Å². The number of anilines is 1. The first-order valence-corrected chi connectivity index (χ1v) is 7.23. The number of aryl methyl sites for hydroxylation is 2. The Morgan fingerprint density at radius 2 is 2.10 bits per heavy atom. The minimum atomic E-state index is -0.143. The molecule has 1 atom stereocenters. The lowest BCUT2D eigenvalue weighted by Gasteiger charge is -2.33. The van der Waals surface area contributed by atoms with Gasteiger partial charge in [0.15, 0.2) is 0 Å². The van der Waals surface area contributed by atoms with Crippen LogP contribution in [0.5, 0.6) is 0 Å². The number of rotatable bonds is 4. The summed E-state index contributed by atoms with van der Waals surface area (Å²) in [6.07, 6.45) is 3.53. The summed E-state index contributed by atoms with van der Waals surface area (Å²) in [4.78, 5) is 8.67. The Morgan fingerprint density at radius 1 is 1.33 bits per heavy atom. The molecule has 0 spiro atoms. The summed E-state index contributed by atoms with van der Waals surface area (Å²) >= 11 is 0. The molecule has 0 amide bonds. The summed E-state index contributed by atoms with van der Waals surface area (Å²) in [5.41, 5.74) is 9.69. The third-order valence-corrected chi connectivity index (χ3v) is 3.53. The predicted molar refractivity (Wildman–Crippen MR) is 89.3 cm³/mol. The van der Waals surface area contributed by atoms with E-state index in [1.807, 2.05) is 6.08 Å². The molecule has 5 nitrogen and oxygen atoms in total. The summed E-state index contributed by atoms with van der Waals surface area (Å²) in [5, 5.41) is 3.41. The van der Waals surface area contributed by atoms with Gasteiger partial charge in [-0.3, -0.25) is 0 Å². The van der Waals surface area contributed by atoms with Gasteiger partial charge in [0, 0.05) is 25.0 Å². The van der Waals surface area contributed by atoms with Crippen LogP contribution >= 0.6 is 0 Å². The van der Waals surface area contributed by atoms with Crippen molar-refractivity contribution in [1.82, 2.24) is 9.80 Å². The van der Waals surface area contributed by atoms with Crippen LogP contribution in [0, 0.1) is 13.8 Å². The van der Waals surface area contributed by atoms with Crippen LogP contribution in [-0.4, -0.2) is 49.1 Å². The molecule has 1 aromatic carbocycles. The molecule has 1 aromatic rings. The summed E-state index contributed by atoms with van der Waals surface area (Å²) in [5.74, 6) is 0.804. The third-order valence-electron chi connectivity index (χ3n) is 3.53. The van der Waals surface area contributed by atoms with Gasteiger partial charge >= 0.3 is 0 Å². The van der Waals surface area contributed by atoms with E-state index in [0.29, 0.717) is 0 Å². The number of nitrogens with two attached hydrogens (primary N) is 1. The monoisotopic (exact) mass is 287 g/mol. The zero-order valence-electron chi connectivity index (χ0n) is 13.3. The molecule has 1 heterocycles. The van der Waals surface area contributed by atoms with Crippen molar-refractivity contribution in [3.63, 3.8) is 0 Å². The Kier molecular flexibility index (Phi) is 4.98. The fourth-order valence-corrected chi connectivity index (χ4v) is 2.26. The summed E-state index contributed by atoms with van der Waals surface area (Å²) < 4.78 is 0. The summed E-state index contributed by atoms with van der Waals surface area (Å²) in [7, 11) is 4.11. The topological polar surface area (TPSA) is 56.9 Å². The number of likely N-dealkylation sites (N-methyl/N-ethyl adjacent to an activating group) is 1. The van der Waals surface area contributed by atoms with Gasteiger partial charge in [0.1, 0.15) is 6.17 Å². The normalized spacial score (nSPS) is 18.1. The zero-order valence-corrected chi connectivity index (χ0v) is 13.3.